The standard InChI is InChI=1S/C25H34N6O2.C2H6/c1-18-3-4-22(28-16-18)24(29-33-2)20-8-13-31(14-9-20)25(32)21-6-11-30(12-7-21)17-19-5-10-27-23(26)15-19;1-2/h3-5,10,15-16,20-21H,6-9,11-14,17H2,1-2H3,(H2,26,27);1-2H3. The van der Waals surface area contributed by atoms with E-state index in [1.54, 1.807) is 13.3 Å². The van der Waals surface area contributed by atoms with Gasteiger partial charge in [-0.1, -0.05) is 25.1 Å². The first-order valence-corrected chi connectivity index (χ1v) is 12.8. The lowest BCUT2D eigenvalue weighted by atomic mass is 9.88. The van der Waals surface area contributed by atoms with Gasteiger partial charge < -0.3 is 15.5 Å². The van der Waals surface area contributed by atoms with E-state index < -0.39 is 0 Å². The Labute approximate surface area is 209 Å². The second kappa shape index (κ2) is 13.2. The summed E-state index contributed by atoms with van der Waals surface area (Å²) in [7, 11) is 1.57. The molecule has 0 spiro atoms. The number of hydrogen-bond donors (Lipinski definition) is 1. The van der Waals surface area contributed by atoms with Crippen molar-refractivity contribution < 1.29 is 9.63 Å². The molecule has 0 aliphatic carbocycles. The van der Waals surface area contributed by atoms with Gasteiger partial charge >= 0.3 is 0 Å². The minimum atomic E-state index is 0.117. The molecule has 8 heteroatoms. The predicted octanol–water partition coefficient (Wildman–Crippen LogP) is 3.89. The van der Waals surface area contributed by atoms with Gasteiger partial charge in [-0.2, -0.15) is 0 Å². The number of carbonyl (C=O) groups excluding carboxylic acids is 1. The van der Waals surface area contributed by atoms with Crippen LogP contribution < -0.4 is 5.73 Å². The quantitative estimate of drug-likeness (QED) is 0.498. The first-order valence-electron chi connectivity index (χ1n) is 12.8. The molecule has 2 N–H and O–H groups in total. The SMILES string of the molecule is CC.CON=C(c1ccc(C)cn1)C1CCN(C(=O)C2CCN(Cc3ccnc(N)c3)CC2)CC1. The van der Waals surface area contributed by atoms with E-state index in [-0.39, 0.29) is 11.8 Å². The minimum absolute atomic E-state index is 0.117. The number of nitrogens with two attached hydrogens (primary N) is 1. The maximum Gasteiger partial charge on any atom is 0.225 e. The number of hydrogen-bond acceptors (Lipinski definition) is 7. The second-order valence-corrected chi connectivity index (χ2v) is 9.12. The summed E-state index contributed by atoms with van der Waals surface area (Å²) in [6.07, 6.45) is 7.18. The van der Waals surface area contributed by atoms with E-state index in [9.17, 15) is 4.79 Å². The molecule has 35 heavy (non-hydrogen) atoms. The molecule has 0 bridgehead atoms. The fraction of sp³-hybridized carbons (Fsp3) is 0.556. The largest absolute Gasteiger partial charge is 0.399 e. The van der Waals surface area contributed by atoms with Crippen molar-refractivity contribution in [2.24, 2.45) is 17.0 Å². The van der Waals surface area contributed by atoms with Gasteiger partial charge in [0.05, 0.1) is 5.69 Å². The molecule has 0 aromatic carbocycles. The van der Waals surface area contributed by atoms with Crippen molar-refractivity contribution >= 4 is 17.4 Å². The van der Waals surface area contributed by atoms with E-state index in [0.717, 1.165) is 75.4 Å². The number of nitrogen functional groups attached to an aromatic ring is 1. The van der Waals surface area contributed by atoms with Crippen LogP contribution in [0, 0.1) is 18.8 Å². The Balaban J connectivity index is 0.00000167. The van der Waals surface area contributed by atoms with Crippen LogP contribution in [0.15, 0.2) is 41.8 Å². The molecule has 2 aromatic rings. The number of oxime groups is 1. The predicted molar refractivity (Wildman–Crippen MR) is 140 cm³/mol. The van der Waals surface area contributed by atoms with Gasteiger partial charge in [0.25, 0.3) is 0 Å². The lowest BCUT2D eigenvalue weighted by molar-refractivity contribution is -0.138. The van der Waals surface area contributed by atoms with Gasteiger partial charge in [0.2, 0.25) is 5.91 Å². The van der Waals surface area contributed by atoms with Crippen LogP contribution in [0.4, 0.5) is 5.82 Å². The number of piperidine rings is 2. The highest BCUT2D eigenvalue weighted by Crippen LogP contribution is 2.26. The van der Waals surface area contributed by atoms with Crippen LogP contribution in [0.25, 0.3) is 0 Å². The summed E-state index contributed by atoms with van der Waals surface area (Å²) in [5, 5.41) is 4.29. The number of anilines is 1. The highest BCUT2D eigenvalue weighted by Gasteiger charge is 2.32. The fourth-order valence-electron chi connectivity index (χ4n) is 4.87. The van der Waals surface area contributed by atoms with Crippen molar-refractivity contribution in [3.63, 3.8) is 0 Å². The molecule has 0 saturated carbocycles. The topological polar surface area (TPSA) is 96.9 Å². The van der Waals surface area contributed by atoms with E-state index in [4.69, 9.17) is 10.6 Å². The summed E-state index contributed by atoms with van der Waals surface area (Å²) in [6.45, 7) is 10.3. The lowest BCUT2D eigenvalue weighted by Gasteiger charge is -2.37. The lowest BCUT2D eigenvalue weighted by Crippen LogP contribution is -2.46. The van der Waals surface area contributed by atoms with E-state index >= 15 is 0 Å². The molecular formula is C27H40N6O2. The van der Waals surface area contributed by atoms with Crippen molar-refractivity contribution in [2.45, 2.75) is 53.0 Å². The van der Waals surface area contributed by atoms with Gasteiger partial charge in [-0.15, -0.1) is 0 Å². The summed E-state index contributed by atoms with van der Waals surface area (Å²) in [6, 6.07) is 7.97. The molecule has 8 nitrogen and oxygen atoms in total. The third-order valence-electron chi connectivity index (χ3n) is 6.75. The first kappa shape index (κ1) is 26.6. The molecule has 2 aliphatic heterocycles. The summed E-state index contributed by atoms with van der Waals surface area (Å²) in [4.78, 5) is 31.3. The number of amides is 1. The number of rotatable bonds is 6. The molecule has 0 unspecified atom stereocenters. The van der Waals surface area contributed by atoms with Crippen molar-refractivity contribution in [1.82, 2.24) is 19.8 Å². The second-order valence-electron chi connectivity index (χ2n) is 9.12. The van der Waals surface area contributed by atoms with Crippen LogP contribution in [-0.4, -0.2) is 64.7 Å². The Hall–Kier alpha value is -3.00. The Morgan fingerprint density at radius 2 is 1.74 bits per heavy atom. The number of pyridine rings is 2. The number of likely N-dealkylation sites (tertiary alicyclic amines) is 2. The Bertz CT molecular complexity index is 962. The fourth-order valence-corrected chi connectivity index (χ4v) is 4.87. The maximum absolute atomic E-state index is 13.2. The van der Waals surface area contributed by atoms with Gasteiger partial charge in [0.15, 0.2) is 0 Å². The highest BCUT2D eigenvalue weighted by atomic mass is 16.6. The molecule has 0 radical (unpaired) electrons. The van der Waals surface area contributed by atoms with Crippen molar-refractivity contribution in [3.8, 4) is 0 Å². The third kappa shape index (κ3) is 7.24. The van der Waals surface area contributed by atoms with Crippen LogP contribution in [-0.2, 0) is 16.2 Å². The van der Waals surface area contributed by atoms with Gasteiger partial charge in [0.1, 0.15) is 18.6 Å². The Morgan fingerprint density at radius 1 is 1.06 bits per heavy atom. The zero-order valence-electron chi connectivity index (χ0n) is 21.6. The maximum atomic E-state index is 13.2. The Morgan fingerprint density at radius 3 is 2.34 bits per heavy atom. The molecular weight excluding hydrogens is 440 g/mol. The monoisotopic (exact) mass is 480 g/mol. The summed E-state index contributed by atoms with van der Waals surface area (Å²) in [5.41, 5.74) is 9.83. The van der Waals surface area contributed by atoms with Crippen LogP contribution in [0.3, 0.4) is 0 Å². The zero-order chi connectivity index (χ0) is 25.2. The van der Waals surface area contributed by atoms with Gasteiger partial charge in [-0.3, -0.25) is 14.7 Å². The molecule has 4 heterocycles. The van der Waals surface area contributed by atoms with Gasteiger partial charge in [0, 0.05) is 43.9 Å². The summed E-state index contributed by atoms with van der Waals surface area (Å²) >= 11 is 0. The summed E-state index contributed by atoms with van der Waals surface area (Å²) in [5.74, 6) is 1.22. The number of aromatic nitrogens is 2. The molecule has 4 rings (SSSR count). The van der Waals surface area contributed by atoms with Gasteiger partial charge in [-0.25, -0.2) is 4.98 Å². The van der Waals surface area contributed by atoms with Crippen LogP contribution in [0.1, 0.15) is 56.4 Å². The van der Waals surface area contributed by atoms with E-state index in [0.29, 0.717) is 11.7 Å². The number of carbonyl (C=O) groups is 1. The molecule has 2 fully saturated rings. The van der Waals surface area contributed by atoms with Crippen molar-refractivity contribution in [1.29, 1.82) is 0 Å². The van der Waals surface area contributed by atoms with Crippen molar-refractivity contribution in [3.05, 3.63) is 53.5 Å². The number of nitrogens with zero attached hydrogens (tertiary/aromatic N) is 5. The Kier molecular flexibility index (Phi) is 10.0. The minimum Gasteiger partial charge on any atom is -0.399 e. The highest BCUT2D eigenvalue weighted by molar-refractivity contribution is 6.00. The van der Waals surface area contributed by atoms with E-state index in [1.807, 2.05) is 56.1 Å². The van der Waals surface area contributed by atoms with Crippen LogP contribution in [0.5, 0.6) is 0 Å². The zero-order valence-corrected chi connectivity index (χ0v) is 21.6. The molecule has 2 aliphatic rings. The third-order valence-corrected chi connectivity index (χ3v) is 6.75. The molecule has 1 amide bonds. The van der Waals surface area contributed by atoms with Crippen LogP contribution in [0.2, 0.25) is 0 Å². The average molecular weight is 481 g/mol. The molecule has 2 aromatic heterocycles. The first-order chi connectivity index (χ1) is 17.0. The molecule has 190 valence electrons. The normalized spacial score (nSPS) is 18.1. The summed E-state index contributed by atoms with van der Waals surface area (Å²) < 4.78 is 0. The number of aryl methyl sites for hydroxylation is 1. The van der Waals surface area contributed by atoms with Crippen molar-refractivity contribution in [2.75, 3.05) is 39.0 Å². The molecule has 2 saturated heterocycles. The van der Waals surface area contributed by atoms with Gasteiger partial charge in [-0.05, 0) is 75.0 Å². The van der Waals surface area contributed by atoms with E-state index in [2.05, 4.69) is 20.0 Å². The molecule has 0 atom stereocenters. The van der Waals surface area contributed by atoms with E-state index in [1.165, 1.54) is 5.56 Å². The van der Waals surface area contributed by atoms with Crippen LogP contribution >= 0.6 is 0 Å². The average Bonchev–Trinajstić information content (AvgIpc) is 2.89. The smallest absolute Gasteiger partial charge is 0.225 e.